The van der Waals surface area contributed by atoms with Crippen LogP contribution in [0.4, 0.5) is 5.88 Å². The van der Waals surface area contributed by atoms with Gasteiger partial charge in [0.1, 0.15) is 5.76 Å². The summed E-state index contributed by atoms with van der Waals surface area (Å²) in [5.74, 6) is 1.67. The van der Waals surface area contributed by atoms with Gasteiger partial charge in [-0.25, -0.2) is 9.79 Å². The Morgan fingerprint density at radius 3 is 2.57 bits per heavy atom. The highest BCUT2D eigenvalue weighted by Crippen LogP contribution is 2.31. The van der Waals surface area contributed by atoms with Gasteiger partial charge in [0.2, 0.25) is 0 Å². The Morgan fingerprint density at radius 1 is 1.19 bits per heavy atom. The van der Waals surface area contributed by atoms with Crippen LogP contribution in [0.3, 0.4) is 0 Å². The smallest absolute Gasteiger partial charge is 0.338 e. The second-order valence-electron chi connectivity index (χ2n) is 9.93. The number of anilines is 1. The number of rotatable bonds is 5. The predicted octanol–water partition coefficient (Wildman–Crippen LogP) is 4.67. The van der Waals surface area contributed by atoms with E-state index in [1.54, 1.807) is 43.5 Å². The average Bonchev–Trinajstić information content (AvgIpc) is 3.43. The summed E-state index contributed by atoms with van der Waals surface area (Å²) in [7, 11) is 0. The van der Waals surface area contributed by atoms with Gasteiger partial charge in [-0.3, -0.25) is 9.36 Å². The number of allylic oxidation sites excluding steroid dienone is 1. The first kappa shape index (κ1) is 25.5. The summed E-state index contributed by atoms with van der Waals surface area (Å²) in [6.45, 7) is 9.56. The Hall–Kier alpha value is -3.10. The van der Waals surface area contributed by atoms with Crippen molar-refractivity contribution in [2.24, 2.45) is 10.9 Å². The van der Waals surface area contributed by atoms with Gasteiger partial charge in [-0.15, -0.1) is 0 Å². The highest BCUT2D eigenvalue weighted by Gasteiger charge is 2.33. The van der Waals surface area contributed by atoms with Gasteiger partial charge in [0.05, 0.1) is 27.9 Å². The van der Waals surface area contributed by atoms with Crippen molar-refractivity contribution >= 4 is 40.9 Å². The van der Waals surface area contributed by atoms with Crippen molar-refractivity contribution in [2.45, 2.75) is 52.7 Å². The molecule has 2 aromatic heterocycles. The Bertz CT molecular complexity index is 1520. The van der Waals surface area contributed by atoms with Crippen molar-refractivity contribution in [3.05, 3.63) is 83.7 Å². The van der Waals surface area contributed by atoms with Crippen LogP contribution in [0.15, 0.2) is 61.9 Å². The third-order valence-corrected chi connectivity index (χ3v) is 7.99. The molecule has 0 aliphatic carbocycles. The van der Waals surface area contributed by atoms with Gasteiger partial charge in [0.15, 0.2) is 10.7 Å². The zero-order chi connectivity index (χ0) is 26.3. The molecule has 2 aliphatic rings. The molecular formula is C28H30ClN3O4S. The van der Waals surface area contributed by atoms with Crippen LogP contribution in [0.5, 0.6) is 0 Å². The maximum atomic E-state index is 13.7. The van der Waals surface area contributed by atoms with Gasteiger partial charge in [-0.1, -0.05) is 42.0 Å². The number of ether oxygens (including phenoxy) is 1. The molecule has 0 radical (unpaired) electrons. The lowest BCUT2D eigenvalue weighted by molar-refractivity contribution is -0.143. The van der Waals surface area contributed by atoms with Crippen LogP contribution in [0, 0.1) is 5.92 Å². The van der Waals surface area contributed by atoms with Gasteiger partial charge in [-0.05, 0) is 63.3 Å². The molecule has 1 atom stereocenters. The van der Waals surface area contributed by atoms with E-state index in [0.717, 1.165) is 43.3 Å². The summed E-state index contributed by atoms with van der Waals surface area (Å²) in [5, 5.41) is 0.569. The number of benzene rings is 1. The SMILES string of the molecule is CC1=C(C(=O)OC(C)C)[C@@H](c2ccc(Cl)cc2)n2c(s/c(=C/c3ccc(N4CCC(C)CC4)o3)c2=O)=N1. The summed E-state index contributed by atoms with van der Waals surface area (Å²) in [5.41, 5.74) is 1.38. The molecule has 7 nitrogen and oxygen atoms in total. The number of hydrogen-bond donors (Lipinski definition) is 0. The fraction of sp³-hybridized carbons (Fsp3) is 0.393. The predicted molar refractivity (Wildman–Crippen MR) is 146 cm³/mol. The van der Waals surface area contributed by atoms with Gasteiger partial charge in [0, 0.05) is 30.3 Å². The van der Waals surface area contributed by atoms with E-state index in [2.05, 4.69) is 16.8 Å². The molecule has 0 amide bonds. The molecule has 0 unspecified atom stereocenters. The lowest BCUT2D eigenvalue weighted by Gasteiger charge is -2.29. The number of carbonyl (C=O) groups excluding carboxylic acids is 1. The fourth-order valence-electron chi connectivity index (χ4n) is 4.77. The molecule has 1 aromatic carbocycles. The summed E-state index contributed by atoms with van der Waals surface area (Å²) < 4.78 is 13.7. The number of piperidine rings is 1. The Kier molecular flexibility index (Phi) is 7.14. The van der Waals surface area contributed by atoms with Crippen molar-refractivity contribution in [2.75, 3.05) is 18.0 Å². The lowest BCUT2D eigenvalue weighted by atomic mass is 9.96. The first-order valence-electron chi connectivity index (χ1n) is 12.5. The highest BCUT2D eigenvalue weighted by atomic mass is 35.5. The third-order valence-electron chi connectivity index (χ3n) is 6.75. The number of fused-ring (bicyclic) bond motifs is 1. The van der Waals surface area contributed by atoms with Crippen LogP contribution >= 0.6 is 22.9 Å². The zero-order valence-electron chi connectivity index (χ0n) is 21.4. The molecule has 0 spiro atoms. The summed E-state index contributed by atoms with van der Waals surface area (Å²) in [4.78, 5) is 34.3. The van der Waals surface area contributed by atoms with Gasteiger partial charge >= 0.3 is 5.97 Å². The summed E-state index contributed by atoms with van der Waals surface area (Å²) in [6, 6.07) is 10.3. The fourth-order valence-corrected chi connectivity index (χ4v) is 5.92. The second kappa shape index (κ2) is 10.3. The molecule has 4 heterocycles. The summed E-state index contributed by atoms with van der Waals surface area (Å²) in [6.07, 6.45) is 3.73. The summed E-state index contributed by atoms with van der Waals surface area (Å²) >= 11 is 7.41. The van der Waals surface area contributed by atoms with Crippen molar-refractivity contribution < 1.29 is 13.9 Å². The Balaban J connectivity index is 1.58. The van der Waals surface area contributed by atoms with Crippen molar-refractivity contribution in [3.63, 3.8) is 0 Å². The molecule has 5 rings (SSSR count). The standard InChI is InChI=1S/C28H30ClN3O4S/c1-16(2)35-27(34)24-18(4)30-28-32(25(24)19-5-7-20(29)8-6-19)26(33)22(37-28)15-21-9-10-23(36-21)31-13-11-17(3)12-14-31/h5-10,15-17,25H,11-14H2,1-4H3/b22-15+/t25-/m1/s1. The van der Waals surface area contributed by atoms with Gasteiger partial charge in [0.25, 0.3) is 5.56 Å². The maximum Gasteiger partial charge on any atom is 0.338 e. The van der Waals surface area contributed by atoms with Crippen LogP contribution in [0.1, 0.15) is 57.9 Å². The minimum absolute atomic E-state index is 0.240. The molecule has 194 valence electrons. The zero-order valence-corrected chi connectivity index (χ0v) is 22.9. The number of esters is 1. The van der Waals surface area contributed by atoms with E-state index in [9.17, 15) is 9.59 Å². The largest absolute Gasteiger partial charge is 0.459 e. The molecule has 3 aromatic rings. The van der Waals surface area contributed by atoms with Crippen LogP contribution in [-0.4, -0.2) is 29.7 Å². The number of halogens is 1. The number of nitrogens with zero attached hydrogens (tertiary/aromatic N) is 3. The topological polar surface area (TPSA) is 77.0 Å². The van der Waals surface area contributed by atoms with E-state index in [4.69, 9.17) is 20.8 Å². The third kappa shape index (κ3) is 5.18. The van der Waals surface area contributed by atoms with Crippen LogP contribution in [-0.2, 0) is 9.53 Å². The maximum absolute atomic E-state index is 13.7. The van der Waals surface area contributed by atoms with Crippen molar-refractivity contribution in [1.29, 1.82) is 0 Å². The van der Waals surface area contributed by atoms with Gasteiger partial charge < -0.3 is 14.1 Å². The number of aromatic nitrogens is 1. The van der Waals surface area contributed by atoms with E-state index in [1.807, 2.05) is 24.3 Å². The molecular weight excluding hydrogens is 510 g/mol. The van der Waals surface area contributed by atoms with Crippen molar-refractivity contribution in [1.82, 2.24) is 4.57 Å². The normalized spacial score (nSPS) is 18.8. The number of hydrogen-bond acceptors (Lipinski definition) is 7. The molecule has 1 fully saturated rings. The minimum Gasteiger partial charge on any atom is -0.459 e. The highest BCUT2D eigenvalue weighted by molar-refractivity contribution is 7.07. The molecule has 9 heteroatoms. The van der Waals surface area contributed by atoms with E-state index < -0.39 is 12.0 Å². The van der Waals surface area contributed by atoms with Crippen LogP contribution in [0.2, 0.25) is 5.02 Å². The molecule has 0 N–H and O–H groups in total. The molecule has 0 saturated carbocycles. The minimum atomic E-state index is -0.676. The Labute approximate surface area is 224 Å². The lowest BCUT2D eigenvalue weighted by Crippen LogP contribution is -2.40. The monoisotopic (exact) mass is 539 g/mol. The first-order chi connectivity index (χ1) is 17.7. The number of furan rings is 1. The van der Waals surface area contributed by atoms with E-state index in [1.165, 1.54) is 11.3 Å². The molecule has 0 bridgehead atoms. The van der Waals surface area contributed by atoms with E-state index in [0.29, 0.717) is 31.4 Å². The number of thiazole rings is 1. The van der Waals surface area contributed by atoms with Crippen LogP contribution in [0.25, 0.3) is 6.08 Å². The quantitative estimate of drug-likeness (QED) is 0.440. The number of carbonyl (C=O) groups is 1. The van der Waals surface area contributed by atoms with Crippen LogP contribution < -0.4 is 19.8 Å². The molecule has 1 saturated heterocycles. The molecule has 2 aliphatic heterocycles. The van der Waals surface area contributed by atoms with Gasteiger partial charge in [-0.2, -0.15) is 0 Å². The van der Waals surface area contributed by atoms with E-state index in [-0.39, 0.29) is 11.7 Å². The average molecular weight is 540 g/mol. The van der Waals surface area contributed by atoms with Crippen molar-refractivity contribution in [3.8, 4) is 0 Å². The van der Waals surface area contributed by atoms with E-state index >= 15 is 0 Å². The Morgan fingerprint density at radius 2 is 1.89 bits per heavy atom. The molecule has 37 heavy (non-hydrogen) atoms. The second-order valence-corrected chi connectivity index (χ2v) is 11.4. The first-order valence-corrected chi connectivity index (χ1v) is 13.7.